The quantitative estimate of drug-likeness (QED) is 0.789. The lowest BCUT2D eigenvalue weighted by Crippen LogP contribution is -2.10. The number of aromatic carboxylic acids is 1. The molecule has 1 aromatic rings. The van der Waals surface area contributed by atoms with Gasteiger partial charge < -0.3 is 16.0 Å². The lowest BCUT2D eigenvalue weighted by atomic mass is 9.98. The molecule has 94 valence electrons. The van der Waals surface area contributed by atoms with Crippen molar-refractivity contribution in [1.82, 2.24) is 6.15 Å². The van der Waals surface area contributed by atoms with Gasteiger partial charge in [-0.1, -0.05) is 0 Å². The average molecular weight is 239 g/mol. The fourth-order valence-electron chi connectivity index (χ4n) is 1.48. The first-order chi connectivity index (χ1) is 7.49. The third kappa shape index (κ3) is 3.04. The first-order valence-corrected chi connectivity index (χ1v) is 4.99. The maximum absolute atomic E-state index is 11.5. The van der Waals surface area contributed by atoms with Crippen molar-refractivity contribution in [3.8, 4) is 0 Å². The Hall–Kier alpha value is -1.88. The molecule has 0 aliphatic rings. The molecule has 17 heavy (non-hydrogen) atoms. The van der Waals surface area contributed by atoms with Gasteiger partial charge in [-0.3, -0.25) is 0 Å². The smallest absolute Gasteiger partial charge is 0.338 e. The van der Waals surface area contributed by atoms with Gasteiger partial charge in [0, 0.05) is 0 Å². The highest BCUT2D eigenvalue weighted by atomic mass is 16.5. The van der Waals surface area contributed by atoms with Gasteiger partial charge in [-0.15, -0.1) is 0 Å². The molecule has 0 spiro atoms. The molecule has 0 aliphatic heterocycles. The molecule has 0 amide bonds. The Labute approximate surface area is 100.0 Å². The molecule has 5 heteroatoms. The van der Waals surface area contributed by atoms with Crippen LogP contribution in [0.2, 0.25) is 0 Å². The van der Waals surface area contributed by atoms with Gasteiger partial charge in [0.25, 0.3) is 0 Å². The maximum Gasteiger partial charge on any atom is 0.338 e. The fourth-order valence-corrected chi connectivity index (χ4v) is 1.48. The Bertz CT molecular complexity index is 440. The molecule has 0 saturated heterocycles. The summed E-state index contributed by atoms with van der Waals surface area (Å²) >= 11 is 0. The summed E-state index contributed by atoms with van der Waals surface area (Å²) < 4.78 is 4.88. The van der Waals surface area contributed by atoms with Crippen molar-refractivity contribution in [3.05, 3.63) is 34.4 Å². The largest absolute Gasteiger partial charge is 0.478 e. The van der Waals surface area contributed by atoms with Crippen LogP contribution in [0.3, 0.4) is 0 Å². The van der Waals surface area contributed by atoms with E-state index in [1.807, 2.05) is 0 Å². The number of hydrogen-bond donors (Lipinski definition) is 2. The van der Waals surface area contributed by atoms with Crippen LogP contribution in [0.1, 0.15) is 38.8 Å². The number of esters is 1. The maximum atomic E-state index is 11.5. The van der Waals surface area contributed by atoms with Crippen LogP contribution in [0, 0.1) is 13.8 Å². The molecule has 0 aromatic heterocycles. The summed E-state index contributed by atoms with van der Waals surface area (Å²) in [4.78, 5) is 22.4. The molecule has 4 N–H and O–H groups in total. The summed E-state index contributed by atoms with van der Waals surface area (Å²) in [7, 11) is 0. The third-order valence-electron chi connectivity index (χ3n) is 2.51. The molecular formula is C12H17NO4. The molecule has 5 nitrogen and oxygen atoms in total. The number of ether oxygens (including phenoxy) is 1. The lowest BCUT2D eigenvalue weighted by Gasteiger charge is -2.10. The highest BCUT2D eigenvalue weighted by Crippen LogP contribution is 2.18. The van der Waals surface area contributed by atoms with Gasteiger partial charge in [0.1, 0.15) is 0 Å². The second-order valence-electron chi connectivity index (χ2n) is 3.44. The molecule has 1 aromatic carbocycles. The Morgan fingerprint density at radius 1 is 1.18 bits per heavy atom. The summed E-state index contributed by atoms with van der Waals surface area (Å²) in [6, 6.07) is 2.92. The SMILES string of the molecule is CCOC(=O)c1ccc(C(=O)O)c(C)c1C.N. The van der Waals surface area contributed by atoms with Gasteiger partial charge in [0.05, 0.1) is 17.7 Å². The minimum absolute atomic E-state index is 0. The Balaban J connectivity index is 0.00000256. The van der Waals surface area contributed by atoms with Crippen molar-refractivity contribution in [1.29, 1.82) is 0 Å². The van der Waals surface area contributed by atoms with E-state index >= 15 is 0 Å². The minimum Gasteiger partial charge on any atom is -0.478 e. The zero-order valence-electron chi connectivity index (χ0n) is 10.2. The van der Waals surface area contributed by atoms with E-state index in [-0.39, 0.29) is 11.7 Å². The van der Waals surface area contributed by atoms with E-state index in [0.717, 1.165) is 0 Å². The summed E-state index contributed by atoms with van der Waals surface area (Å²) in [5, 5.41) is 8.91. The van der Waals surface area contributed by atoms with Gasteiger partial charge in [-0.2, -0.15) is 0 Å². The van der Waals surface area contributed by atoms with Crippen molar-refractivity contribution < 1.29 is 19.4 Å². The Kier molecular flexibility index (Phi) is 5.34. The van der Waals surface area contributed by atoms with Crippen molar-refractivity contribution in [2.45, 2.75) is 20.8 Å². The highest BCUT2D eigenvalue weighted by molar-refractivity contribution is 5.95. The van der Waals surface area contributed by atoms with Crippen molar-refractivity contribution in [3.63, 3.8) is 0 Å². The number of carboxylic acids is 1. The molecule has 0 radical (unpaired) electrons. The lowest BCUT2D eigenvalue weighted by molar-refractivity contribution is 0.0524. The number of carbonyl (C=O) groups is 2. The summed E-state index contributed by atoms with van der Waals surface area (Å²) in [5.74, 6) is -1.41. The molecule has 0 heterocycles. The second-order valence-corrected chi connectivity index (χ2v) is 3.44. The fraction of sp³-hybridized carbons (Fsp3) is 0.333. The monoisotopic (exact) mass is 239 g/mol. The molecular weight excluding hydrogens is 222 g/mol. The second kappa shape index (κ2) is 6.00. The van der Waals surface area contributed by atoms with Crippen LogP contribution in [-0.4, -0.2) is 23.7 Å². The Morgan fingerprint density at radius 2 is 1.65 bits per heavy atom. The molecule has 0 saturated carbocycles. The summed E-state index contributed by atoms with van der Waals surface area (Å²) in [6.45, 7) is 5.43. The van der Waals surface area contributed by atoms with Crippen LogP contribution in [-0.2, 0) is 4.74 Å². The average Bonchev–Trinajstić information content (AvgIpc) is 2.21. The predicted octanol–water partition coefficient (Wildman–Crippen LogP) is 2.34. The van der Waals surface area contributed by atoms with Crippen molar-refractivity contribution in [2.24, 2.45) is 0 Å². The minimum atomic E-state index is -0.990. The van der Waals surface area contributed by atoms with Gasteiger partial charge in [-0.05, 0) is 44.0 Å². The van der Waals surface area contributed by atoms with Gasteiger partial charge in [0.2, 0.25) is 0 Å². The third-order valence-corrected chi connectivity index (χ3v) is 2.51. The van der Waals surface area contributed by atoms with Crippen LogP contribution in [0.15, 0.2) is 12.1 Å². The zero-order valence-corrected chi connectivity index (χ0v) is 10.2. The first kappa shape index (κ1) is 15.1. The number of rotatable bonds is 3. The zero-order chi connectivity index (χ0) is 12.3. The normalized spacial score (nSPS) is 9.35. The molecule has 0 unspecified atom stereocenters. The van der Waals surface area contributed by atoms with E-state index < -0.39 is 11.9 Å². The number of hydrogen-bond acceptors (Lipinski definition) is 4. The summed E-state index contributed by atoms with van der Waals surface area (Å²) in [5.41, 5.74) is 1.88. The van der Waals surface area contributed by atoms with E-state index in [4.69, 9.17) is 9.84 Å². The molecule has 0 atom stereocenters. The van der Waals surface area contributed by atoms with E-state index in [1.165, 1.54) is 12.1 Å². The van der Waals surface area contributed by atoms with Crippen LogP contribution in [0.5, 0.6) is 0 Å². The highest BCUT2D eigenvalue weighted by Gasteiger charge is 2.16. The van der Waals surface area contributed by atoms with Crippen LogP contribution >= 0.6 is 0 Å². The molecule has 0 bridgehead atoms. The standard InChI is InChI=1S/C12H14O4.H3N/c1-4-16-12(15)10-6-5-9(11(13)14)7(2)8(10)3;/h5-6H,4H2,1-3H3,(H,13,14);1H3. The number of carboxylic acid groups (broad SMARTS) is 1. The topological polar surface area (TPSA) is 98.6 Å². The van der Waals surface area contributed by atoms with E-state index in [2.05, 4.69) is 0 Å². The predicted molar refractivity (Wildman–Crippen MR) is 63.9 cm³/mol. The van der Waals surface area contributed by atoms with E-state index in [0.29, 0.717) is 23.3 Å². The van der Waals surface area contributed by atoms with Crippen LogP contribution in [0.25, 0.3) is 0 Å². The van der Waals surface area contributed by atoms with Crippen molar-refractivity contribution >= 4 is 11.9 Å². The first-order valence-electron chi connectivity index (χ1n) is 4.99. The van der Waals surface area contributed by atoms with Gasteiger partial charge in [0.15, 0.2) is 0 Å². The van der Waals surface area contributed by atoms with E-state index in [1.54, 1.807) is 20.8 Å². The van der Waals surface area contributed by atoms with Crippen LogP contribution in [0.4, 0.5) is 0 Å². The summed E-state index contributed by atoms with van der Waals surface area (Å²) in [6.07, 6.45) is 0. The van der Waals surface area contributed by atoms with E-state index in [9.17, 15) is 9.59 Å². The van der Waals surface area contributed by atoms with Gasteiger partial charge >= 0.3 is 11.9 Å². The Morgan fingerprint density at radius 3 is 2.12 bits per heavy atom. The number of benzene rings is 1. The number of carbonyl (C=O) groups excluding carboxylic acids is 1. The van der Waals surface area contributed by atoms with Gasteiger partial charge in [-0.25, -0.2) is 9.59 Å². The van der Waals surface area contributed by atoms with Crippen molar-refractivity contribution in [2.75, 3.05) is 6.61 Å². The van der Waals surface area contributed by atoms with Crippen LogP contribution < -0.4 is 6.15 Å². The molecule has 0 aliphatic carbocycles. The molecule has 1 rings (SSSR count). The molecule has 0 fully saturated rings.